The topological polar surface area (TPSA) is 104 Å². The van der Waals surface area contributed by atoms with Gasteiger partial charge in [0.15, 0.2) is 0 Å². The summed E-state index contributed by atoms with van der Waals surface area (Å²) in [5.41, 5.74) is 0.148. The molecule has 0 aromatic heterocycles. The molecule has 1 aromatic carbocycles. The summed E-state index contributed by atoms with van der Waals surface area (Å²) in [5.74, 6) is -1.76. The maximum Gasteiger partial charge on any atom is 0.270 e. The van der Waals surface area contributed by atoms with Gasteiger partial charge in [-0.25, -0.2) is 0 Å². The lowest BCUT2D eigenvalue weighted by Gasteiger charge is -2.14. The number of aliphatic carboxylic acids is 1. The molecule has 0 N–H and O–H groups in total. The second-order valence-electron chi connectivity index (χ2n) is 4.42. The van der Waals surface area contributed by atoms with Crippen molar-refractivity contribution in [2.45, 2.75) is 6.42 Å². The molecule has 0 spiro atoms. The van der Waals surface area contributed by atoms with Crippen LogP contribution in [0, 0.1) is 10.1 Å². The lowest BCUT2D eigenvalue weighted by molar-refractivity contribution is -0.384. The van der Waals surface area contributed by atoms with Gasteiger partial charge in [0.2, 0.25) is 0 Å². The zero-order valence-electron chi connectivity index (χ0n) is 11.4. The second kappa shape index (κ2) is 7.07. The lowest BCUT2D eigenvalue weighted by atomic mass is 10.2. The summed E-state index contributed by atoms with van der Waals surface area (Å²) < 4.78 is 0.212. The van der Waals surface area contributed by atoms with E-state index in [0.717, 1.165) is 16.7 Å². The molecule has 1 aliphatic heterocycles. The number of rotatable bonds is 5. The summed E-state index contributed by atoms with van der Waals surface area (Å²) in [7, 11) is 0. The number of non-ortho nitro benzene ring substituents is 1. The lowest BCUT2D eigenvalue weighted by Crippen LogP contribution is -2.33. The van der Waals surface area contributed by atoms with Crippen molar-refractivity contribution in [3.63, 3.8) is 0 Å². The standard InChI is InChI=1S/C13H9ClN2O5S2/c14-9-2-1-8(16(20)21)5-7(9)6-10-12(19)15(13(22)23-10)4-3-11(17)18/h1-2,5-6H,3-4H2,(H,17,18)/p-1/b10-6-. The Balaban J connectivity index is 2.28. The highest BCUT2D eigenvalue weighted by atomic mass is 35.5. The van der Waals surface area contributed by atoms with Crippen molar-refractivity contribution in [2.75, 3.05) is 6.54 Å². The van der Waals surface area contributed by atoms with Crippen LogP contribution < -0.4 is 5.11 Å². The average Bonchev–Trinajstić information content (AvgIpc) is 2.73. The first-order valence-corrected chi connectivity index (χ1v) is 7.79. The number of nitro groups is 1. The van der Waals surface area contributed by atoms with E-state index in [1.165, 1.54) is 24.3 Å². The van der Waals surface area contributed by atoms with Crippen molar-refractivity contribution in [2.24, 2.45) is 0 Å². The zero-order chi connectivity index (χ0) is 17.1. The van der Waals surface area contributed by atoms with Crippen molar-refractivity contribution in [3.05, 3.63) is 43.8 Å². The Bertz CT molecular complexity index is 750. The zero-order valence-corrected chi connectivity index (χ0v) is 13.7. The number of nitro benzene ring substituents is 1. The van der Waals surface area contributed by atoms with Crippen LogP contribution in [-0.2, 0) is 9.59 Å². The van der Waals surface area contributed by atoms with Crippen molar-refractivity contribution < 1.29 is 19.6 Å². The Labute approximate surface area is 145 Å². The van der Waals surface area contributed by atoms with Crippen LogP contribution in [0.15, 0.2) is 23.1 Å². The average molecular weight is 372 g/mol. The van der Waals surface area contributed by atoms with Crippen LogP contribution in [0.3, 0.4) is 0 Å². The molecule has 1 aliphatic rings. The minimum Gasteiger partial charge on any atom is -0.550 e. The van der Waals surface area contributed by atoms with Gasteiger partial charge < -0.3 is 9.90 Å². The molecule has 1 heterocycles. The normalized spacial score (nSPS) is 16.2. The first-order chi connectivity index (χ1) is 10.8. The minimum absolute atomic E-state index is 0.0903. The maximum atomic E-state index is 12.2. The SMILES string of the molecule is O=C([O-])CCN1C(=O)/C(=C/c2cc([N+](=O)[O-])ccc2Cl)SC1=S. The fourth-order valence-electron chi connectivity index (χ4n) is 1.79. The summed E-state index contributed by atoms with van der Waals surface area (Å²) in [6, 6.07) is 3.86. The highest BCUT2D eigenvalue weighted by molar-refractivity contribution is 8.26. The molecule has 1 fully saturated rings. The van der Waals surface area contributed by atoms with Crippen LogP contribution >= 0.6 is 35.6 Å². The first kappa shape index (κ1) is 17.4. The van der Waals surface area contributed by atoms with Crippen LogP contribution in [0.4, 0.5) is 5.69 Å². The molecule has 0 saturated carbocycles. The van der Waals surface area contributed by atoms with Crippen LogP contribution in [0.1, 0.15) is 12.0 Å². The number of nitrogens with zero attached hydrogens (tertiary/aromatic N) is 2. The van der Waals surface area contributed by atoms with Gasteiger partial charge in [-0.3, -0.25) is 19.8 Å². The molecule has 1 aromatic rings. The predicted molar refractivity (Wildman–Crippen MR) is 87.6 cm³/mol. The van der Waals surface area contributed by atoms with E-state index in [1.54, 1.807) is 0 Å². The smallest absolute Gasteiger partial charge is 0.270 e. The van der Waals surface area contributed by atoms with E-state index < -0.39 is 16.8 Å². The Kier molecular flexibility index (Phi) is 5.34. The fourth-order valence-corrected chi connectivity index (χ4v) is 3.26. The van der Waals surface area contributed by atoms with Crippen LogP contribution in [0.5, 0.6) is 0 Å². The van der Waals surface area contributed by atoms with Crippen molar-refractivity contribution in [3.8, 4) is 0 Å². The predicted octanol–water partition coefficient (Wildman–Crippen LogP) is 1.59. The third kappa shape index (κ3) is 4.06. The molecule has 0 radical (unpaired) electrons. The van der Waals surface area contributed by atoms with Crippen molar-refractivity contribution in [1.82, 2.24) is 4.90 Å². The van der Waals surface area contributed by atoms with Gasteiger partial charge in [-0.05, 0) is 12.1 Å². The van der Waals surface area contributed by atoms with Crippen molar-refractivity contribution in [1.29, 1.82) is 0 Å². The first-order valence-electron chi connectivity index (χ1n) is 6.18. The van der Waals surface area contributed by atoms with Gasteiger partial charge in [-0.2, -0.15) is 0 Å². The summed E-state index contributed by atoms with van der Waals surface area (Å²) in [6.07, 6.45) is 1.06. The number of carbonyl (C=O) groups excluding carboxylic acids is 2. The van der Waals surface area contributed by atoms with Gasteiger partial charge in [0, 0.05) is 41.7 Å². The highest BCUT2D eigenvalue weighted by Crippen LogP contribution is 2.34. The van der Waals surface area contributed by atoms with Gasteiger partial charge in [-0.15, -0.1) is 0 Å². The number of hydrogen-bond donors (Lipinski definition) is 0. The summed E-state index contributed by atoms with van der Waals surface area (Å²) in [5, 5.41) is 21.5. The van der Waals surface area contributed by atoms with Crippen molar-refractivity contribution >= 4 is 63.5 Å². The molecule has 2 rings (SSSR count). The van der Waals surface area contributed by atoms with Gasteiger partial charge in [0.1, 0.15) is 4.32 Å². The van der Waals surface area contributed by atoms with Crippen LogP contribution in [-0.4, -0.2) is 32.6 Å². The molecule has 10 heteroatoms. The number of hydrogen-bond acceptors (Lipinski definition) is 7. The molecule has 1 saturated heterocycles. The molecule has 120 valence electrons. The fraction of sp³-hybridized carbons (Fsp3) is 0.154. The molecule has 7 nitrogen and oxygen atoms in total. The van der Waals surface area contributed by atoms with E-state index >= 15 is 0 Å². The van der Waals surface area contributed by atoms with E-state index in [1.807, 2.05) is 0 Å². The largest absolute Gasteiger partial charge is 0.550 e. The summed E-state index contributed by atoms with van der Waals surface area (Å²) >= 11 is 12.0. The molecule has 1 amide bonds. The quantitative estimate of drug-likeness (QED) is 0.335. The number of thiocarbonyl (C=S) groups is 1. The van der Waals surface area contributed by atoms with E-state index in [4.69, 9.17) is 23.8 Å². The molecule has 23 heavy (non-hydrogen) atoms. The van der Waals surface area contributed by atoms with E-state index in [0.29, 0.717) is 5.56 Å². The van der Waals surface area contributed by atoms with E-state index in [9.17, 15) is 24.8 Å². The number of halogens is 1. The third-order valence-corrected chi connectivity index (χ3v) is 4.61. The molecule has 0 atom stereocenters. The number of benzene rings is 1. The second-order valence-corrected chi connectivity index (χ2v) is 6.50. The Morgan fingerprint density at radius 2 is 2.17 bits per heavy atom. The Hall–Kier alpha value is -1.97. The monoisotopic (exact) mass is 371 g/mol. The minimum atomic E-state index is -1.29. The maximum absolute atomic E-state index is 12.2. The molecule has 0 bridgehead atoms. The number of amides is 1. The molecule has 0 unspecified atom stereocenters. The third-order valence-electron chi connectivity index (χ3n) is 2.89. The van der Waals surface area contributed by atoms with Gasteiger partial charge in [-0.1, -0.05) is 35.6 Å². The number of thioether (sulfide) groups is 1. The summed E-state index contributed by atoms with van der Waals surface area (Å²) in [4.78, 5) is 34.3. The number of carbonyl (C=O) groups is 2. The summed E-state index contributed by atoms with van der Waals surface area (Å²) in [6.45, 7) is -0.0903. The van der Waals surface area contributed by atoms with Crippen LogP contribution in [0.2, 0.25) is 5.02 Å². The van der Waals surface area contributed by atoms with E-state index in [-0.39, 0.29) is 32.9 Å². The Morgan fingerprint density at radius 3 is 2.78 bits per heavy atom. The molecule has 0 aliphatic carbocycles. The highest BCUT2D eigenvalue weighted by Gasteiger charge is 2.31. The van der Waals surface area contributed by atoms with Gasteiger partial charge in [0.05, 0.1) is 9.83 Å². The van der Waals surface area contributed by atoms with Gasteiger partial charge in [0.25, 0.3) is 11.6 Å². The Morgan fingerprint density at radius 1 is 1.48 bits per heavy atom. The molecular formula is C13H8ClN2O5S2-. The van der Waals surface area contributed by atoms with Crippen LogP contribution in [0.25, 0.3) is 6.08 Å². The number of carboxylic acid groups (broad SMARTS) is 1. The number of carboxylic acids is 1. The molecular weight excluding hydrogens is 364 g/mol. The van der Waals surface area contributed by atoms with E-state index in [2.05, 4.69) is 0 Å². The van der Waals surface area contributed by atoms with Gasteiger partial charge >= 0.3 is 0 Å².